The monoisotopic (exact) mass is 182 g/mol. The molecule has 0 aliphatic heterocycles. The molecule has 0 saturated heterocycles. The predicted molar refractivity (Wildman–Crippen MR) is 53.6 cm³/mol. The SMILES string of the molecule is CC(C)OCc1ccc(S)cc1. The van der Waals surface area contributed by atoms with Gasteiger partial charge in [0.15, 0.2) is 0 Å². The zero-order valence-corrected chi connectivity index (χ0v) is 8.34. The summed E-state index contributed by atoms with van der Waals surface area (Å²) in [5, 5.41) is 0. The highest BCUT2D eigenvalue weighted by Crippen LogP contribution is 2.09. The summed E-state index contributed by atoms with van der Waals surface area (Å²) in [6.45, 7) is 4.76. The standard InChI is InChI=1S/C10H14OS/c1-8(2)11-7-9-3-5-10(12)6-4-9/h3-6,8,12H,7H2,1-2H3. The van der Waals surface area contributed by atoms with Crippen molar-refractivity contribution in [2.75, 3.05) is 0 Å². The van der Waals surface area contributed by atoms with E-state index in [2.05, 4.69) is 12.6 Å². The molecular weight excluding hydrogens is 168 g/mol. The van der Waals surface area contributed by atoms with Gasteiger partial charge in [0.2, 0.25) is 0 Å². The van der Waals surface area contributed by atoms with Crippen LogP contribution in [0.5, 0.6) is 0 Å². The summed E-state index contributed by atoms with van der Waals surface area (Å²) in [6, 6.07) is 8.01. The van der Waals surface area contributed by atoms with Crippen molar-refractivity contribution in [2.24, 2.45) is 0 Å². The lowest BCUT2D eigenvalue weighted by atomic mass is 10.2. The summed E-state index contributed by atoms with van der Waals surface area (Å²) < 4.78 is 5.44. The zero-order chi connectivity index (χ0) is 8.97. The normalized spacial score (nSPS) is 10.7. The Balaban J connectivity index is 2.48. The molecule has 0 aromatic heterocycles. The third-order valence-corrected chi connectivity index (χ3v) is 1.82. The third kappa shape index (κ3) is 3.28. The second-order valence-electron chi connectivity index (χ2n) is 3.03. The Hall–Kier alpha value is -0.470. The molecule has 0 saturated carbocycles. The summed E-state index contributed by atoms with van der Waals surface area (Å²) in [4.78, 5) is 0.989. The maximum Gasteiger partial charge on any atom is 0.0720 e. The summed E-state index contributed by atoms with van der Waals surface area (Å²) >= 11 is 4.20. The van der Waals surface area contributed by atoms with Crippen LogP contribution in [-0.2, 0) is 11.3 Å². The molecule has 0 atom stereocenters. The molecule has 0 bridgehead atoms. The molecule has 0 unspecified atom stereocenters. The van der Waals surface area contributed by atoms with Crippen molar-refractivity contribution < 1.29 is 4.74 Å². The Labute approximate surface area is 79.2 Å². The van der Waals surface area contributed by atoms with E-state index in [1.54, 1.807) is 0 Å². The first-order valence-electron chi connectivity index (χ1n) is 4.08. The van der Waals surface area contributed by atoms with Gasteiger partial charge in [0.05, 0.1) is 12.7 Å². The molecule has 12 heavy (non-hydrogen) atoms. The van der Waals surface area contributed by atoms with Gasteiger partial charge in [-0.15, -0.1) is 12.6 Å². The first kappa shape index (κ1) is 9.62. The van der Waals surface area contributed by atoms with Gasteiger partial charge in [-0.3, -0.25) is 0 Å². The van der Waals surface area contributed by atoms with Crippen LogP contribution in [0.25, 0.3) is 0 Å². The second-order valence-corrected chi connectivity index (χ2v) is 3.54. The molecule has 66 valence electrons. The van der Waals surface area contributed by atoms with Crippen LogP contribution >= 0.6 is 12.6 Å². The minimum absolute atomic E-state index is 0.292. The van der Waals surface area contributed by atoms with Gasteiger partial charge >= 0.3 is 0 Å². The topological polar surface area (TPSA) is 9.23 Å². The van der Waals surface area contributed by atoms with Crippen LogP contribution < -0.4 is 0 Å². The number of ether oxygens (including phenoxy) is 1. The fourth-order valence-electron chi connectivity index (χ4n) is 0.855. The van der Waals surface area contributed by atoms with E-state index in [1.807, 2.05) is 38.1 Å². The molecule has 0 heterocycles. The van der Waals surface area contributed by atoms with Crippen LogP contribution in [0.2, 0.25) is 0 Å². The molecule has 1 rings (SSSR count). The van der Waals surface area contributed by atoms with Crippen LogP contribution in [0, 0.1) is 0 Å². The van der Waals surface area contributed by atoms with Crippen LogP contribution in [-0.4, -0.2) is 6.10 Å². The first-order chi connectivity index (χ1) is 5.68. The fraction of sp³-hybridized carbons (Fsp3) is 0.400. The molecule has 1 nitrogen and oxygen atoms in total. The van der Waals surface area contributed by atoms with Crippen molar-refractivity contribution in [3.63, 3.8) is 0 Å². The molecule has 0 spiro atoms. The lowest BCUT2D eigenvalue weighted by Gasteiger charge is -2.06. The molecule has 2 heteroatoms. The smallest absolute Gasteiger partial charge is 0.0720 e. The van der Waals surface area contributed by atoms with E-state index in [9.17, 15) is 0 Å². The lowest BCUT2D eigenvalue weighted by Crippen LogP contribution is -2.01. The van der Waals surface area contributed by atoms with Gasteiger partial charge < -0.3 is 4.74 Å². The molecule has 1 aromatic rings. The zero-order valence-electron chi connectivity index (χ0n) is 7.45. The maximum atomic E-state index is 5.44. The minimum atomic E-state index is 0.292. The van der Waals surface area contributed by atoms with E-state index < -0.39 is 0 Å². The second kappa shape index (κ2) is 4.53. The molecule has 0 fully saturated rings. The number of thiol groups is 1. The number of benzene rings is 1. The summed E-state index contributed by atoms with van der Waals surface area (Å²) in [5.74, 6) is 0. The fourth-order valence-corrected chi connectivity index (χ4v) is 1.00. The third-order valence-electron chi connectivity index (χ3n) is 1.52. The first-order valence-corrected chi connectivity index (χ1v) is 4.52. The van der Waals surface area contributed by atoms with Crippen LogP contribution in [0.15, 0.2) is 29.2 Å². The molecule has 0 aliphatic carbocycles. The Kier molecular flexibility index (Phi) is 3.63. The predicted octanol–water partition coefficient (Wildman–Crippen LogP) is 2.90. The summed E-state index contributed by atoms with van der Waals surface area (Å²) in [6.07, 6.45) is 0.292. The highest BCUT2D eigenvalue weighted by atomic mass is 32.1. The van der Waals surface area contributed by atoms with Crippen LogP contribution in [0.1, 0.15) is 19.4 Å². The van der Waals surface area contributed by atoms with E-state index in [0.717, 1.165) is 4.90 Å². The maximum absolute atomic E-state index is 5.44. The Morgan fingerprint density at radius 3 is 2.33 bits per heavy atom. The van der Waals surface area contributed by atoms with Gasteiger partial charge in [-0.25, -0.2) is 0 Å². The van der Waals surface area contributed by atoms with Gasteiger partial charge in [0.1, 0.15) is 0 Å². The number of rotatable bonds is 3. The van der Waals surface area contributed by atoms with Gasteiger partial charge in [0.25, 0.3) is 0 Å². The van der Waals surface area contributed by atoms with Crippen molar-refractivity contribution in [3.8, 4) is 0 Å². The highest BCUT2D eigenvalue weighted by molar-refractivity contribution is 7.80. The lowest BCUT2D eigenvalue weighted by molar-refractivity contribution is 0.0657. The number of hydrogen-bond donors (Lipinski definition) is 1. The van der Waals surface area contributed by atoms with Crippen LogP contribution in [0.4, 0.5) is 0 Å². The summed E-state index contributed by atoms with van der Waals surface area (Å²) in [7, 11) is 0. The van der Waals surface area contributed by atoms with E-state index in [1.165, 1.54) is 5.56 Å². The van der Waals surface area contributed by atoms with Crippen molar-refractivity contribution in [1.82, 2.24) is 0 Å². The van der Waals surface area contributed by atoms with Crippen molar-refractivity contribution in [1.29, 1.82) is 0 Å². The number of hydrogen-bond acceptors (Lipinski definition) is 2. The molecule has 0 N–H and O–H groups in total. The minimum Gasteiger partial charge on any atom is -0.374 e. The van der Waals surface area contributed by atoms with Crippen LogP contribution in [0.3, 0.4) is 0 Å². The van der Waals surface area contributed by atoms with Gasteiger partial charge in [-0.05, 0) is 31.5 Å². The Morgan fingerprint density at radius 1 is 1.25 bits per heavy atom. The van der Waals surface area contributed by atoms with Gasteiger partial charge in [-0.2, -0.15) is 0 Å². The van der Waals surface area contributed by atoms with Gasteiger partial charge in [-0.1, -0.05) is 12.1 Å². The quantitative estimate of drug-likeness (QED) is 0.707. The van der Waals surface area contributed by atoms with E-state index in [4.69, 9.17) is 4.74 Å². The van der Waals surface area contributed by atoms with E-state index in [0.29, 0.717) is 12.7 Å². The van der Waals surface area contributed by atoms with Crippen molar-refractivity contribution >= 4 is 12.6 Å². The molecule has 1 aromatic carbocycles. The Bertz CT molecular complexity index is 228. The summed E-state index contributed by atoms with van der Waals surface area (Å²) in [5.41, 5.74) is 1.20. The molecule has 0 amide bonds. The Morgan fingerprint density at radius 2 is 1.83 bits per heavy atom. The van der Waals surface area contributed by atoms with E-state index >= 15 is 0 Å². The molecular formula is C10H14OS. The van der Waals surface area contributed by atoms with Crippen molar-refractivity contribution in [2.45, 2.75) is 31.5 Å². The van der Waals surface area contributed by atoms with Crippen molar-refractivity contribution in [3.05, 3.63) is 29.8 Å². The average Bonchev–Trinajstić information content (AvgIpc) is 2.03. The largest absolute Gasteiger partial charge is 0.374 e. The van der Waals surface area contributed by atoms with E-state index in [-0.39, 0.29) is 0 Å². The molecule has 0 aliphatic rings. The van der Waals surface area contributed by atoms with Gasteiger partial charge in [0, 0.05) is 4.90 Å². The molecule has 0 radical (unpaired) electrons. The average molecular weight is 182 g/mol. The highest BCUT2D eigenvalue weighted by Gasteiger charge is 1.95.